The van der Waals surface area contributed by atoms with Gasteiger partial charge in [-0.25, -0.2) is 19.2 Å². The lowest BCUT2D eigenvalue weighted by molar-refractivity contribution is 0.0730. The Labute approximate surface area is 207 Å². The van der Waals surface area contributed by atoms with Gasteiger partial charge in [0.2, 0.25) is 0 Å². The number of carbonyl (C=O) groups excluding carboxylic acids is 1. The van der Waals surface area contributed by atoms with Crippen LogP contribution in [0.3, 0.4) is 0 Å². The normalized spacial score (nSPS) is 10.8. The minimum atomic E-state index is -0.757. The van der Waals surface area contributed by atoms with Gasteiger partial charge in [-0.3, -0.25) is 0 Å². The van der Waals surface area contributed by atoms with Crippen LogP contribution in [0.4, 0.5) is 4.39 Å². The van der Waals surface area contributed by atoms with Gasteiger partial charge >= 0.3 is 5.97 Å². The number of hydrogen-bond acceptors (Lipinski definition) is 5. The third kappa shape index (κ3) is 8.46. The standard InChI is InChI=1S/C29H35FN2O3/c1-3-5-7-8-9-11-22-20-31-28(32-21-22)23-12-14-24(15-13-23)35-29(33)26-17-16-25(19-27(26)30)34-18-10-6-4-2/h12-17,19-21H,3-11,18H2,1-2H3. The van der Waals surface area contributed by atoms with Crippen molar-refractivity contribution in [1.82, 2.24) is 9.97 Å². The van der Waals surface area contributed by atoms with Gasteiger partial charge in [-0.1, -0.05) is 52.4 Å². The van der Waals surface area contributed by atoms with Crippen molar-refractivity contribution in [2.24, 2.45) is 0 Å². The highest BCUT2D eigenvalue weighted by Crippen LogP contribution is 2.22. The van der Waals surface area contributed by atoms with Crippen molar-refractivity contribution in [1.29, 1.82) is 0 Å². The number of nitrogens with zero attached hydrogens (tertiary/aromatic N) is 2. The lowest BCUT2D eigenvalue weighted by Gasteiger charge is -2.09. The molecule has 5 nitrogen and oxygen atoms in total. The number of unbranched alkanes of at least 4 members (excludes halogenated alkanes) is 6. The first-order valence-electron chi connectivity index (χ1n) is 12.7. The number of rotatable bonds is 14. The monoisotopic (exact) mass is 478 g/mol. The van der Waals surface area contributed by atoms with Crippen LogP contribution in [-0.4, -0.2) is 22.5 Å². The Morgan fingerprint density at radius 3 is 2.17 bits per heavy atom. The van der Waals surface area contributed by atoms with E-state index in [9.17, 15) is 9.18 Å². The van der Waals surface area contributed by atoms with Crippen LogP contribution in [0.2, 0.25) is 0 Å². The molecule has 3 aromatic rings. The molecule has 1 aromatic heterocycles. The van der Waals surface area contributed by atoms with Gasteiger partial charge in [-0.2, -0.15) is 0 Å². The second-order valence-corrected chi connectivity index (χ2v) is 8.69. The average molecular weight is 479 g/mol. The van der Waals surface area contributed by atoms with Crippen LogP contribution in [0.25, 0.3) is 11.4 Å². The molecule has 0 spiro atoms. The van der Waals surface area contributed by atoms with E-state index in [1.165, 1.54) is 37.8 Å². The molecule has 0 saturated carbocycles. The number of benzene rings is 2. The number of ether oxygens (including phenoxy) is 2. The summed E-state index contributed by atoms with van der Waals surface area (Å²) in [6, 6.07) is 11.1. The van der Waals surface area contributed by atoms with Crippen molar-refractivity contribution in [2.45, 2.75) is 71.6 Å². The van der Waals surface area contributed by atoms with Gasteiger partial charge in [0, 0.05) is 24.0 Å². The molecule has 35 heavy (non-hydrogen) atoms. The van der Waals surface area contributed by atoms with Crippen molar-refractivity contribution < 1.29 is 18.7 Å². The summed E-state index contributed by atoms with van der Waals surface area (Å²) in [5.74, 6) is -0.0901. The van der Waals surface area contributed by atoms with Gasteiger partial charge in [0.25, 0.3) is 0 Å². The molecule has 0 saturated heterocycles. The summed E-state index contributed by atoms with van der Waals surface area (Å²) in [5, 5.41) is 0. The van der Waals surface area contributed by atoms with Gasteiger partial charge in [0.1, 0.15) is 17.3 Å². The maximum absolute atomic E-state index is 14.4. The van der Waals surface area contributed by atoms with Crippen molar-refractivity contribution >= 4 is 5.97 Å². The molecule has 0 N–H and O–H groups in total. The molecule has 6 heteroatoms. The molecular weight excluding hydrogens is 443 g/mol. The van der Waals surface area contributed by atoms with Crippen LogP contribution in [0.1, 0.15) is 81.1 Å². The summed E-state index contributed by atoms with van der Waals surface area (Å²) in [4.78, 5) is 21.4. The lowest BCUT2D eigenvalue weighted by atomic mass is 10.1. The first-order chi connectivity index (χ1) is 17.1. The molecule has 0 fully saturated rings. The number of hydrogen-bond donors (Lipinski definition) is 0. The SMILES string of the molecule is CCCCCCCc1cnc(-c2ccc(OC(=O)c3ccc(OCCCCC)cc3F)cc2)nc1. The molecule has 0 aliphatic rings. The molecule has 0 aliphatic heterocycles. The Morgan fingerprint density at radius 2 is 1.49 bits per heavy atom. The number of halogens is 1. The third-order valence-corrected chi connectivity index (χ3v) is 5.77. The molecule has 2 aromatic carbocycles. The Kier molecular flexibility index (Phi) is 10.7. The van der Waals surface area contributed by atoms with Gasteiger partial charge < -0.3 is 9.47 Å². The van der Waals surface area contributed by atoms with Crippen LogP contribution >= 0.6 is 0 Å². The molecule has 0 bridgehead atoms. The van der Waals surface area contributed by atoms with Crippen LogP contribution in [0.5, 0.6) is 11.5 Å². The Bertz CT molecular complexity index is 1050. The van der Waals surface area contributed by atoms with Crippen LogP contribution < -0.4 is 9.47 Å². The number of aryl methyl sites for hydroxylation is 1. The van der Waals surface area contributed by atoms with E-state index < -0.39 is 11.8 Å². The summed E-state index contributed by atoms with van der Waals surface area (Å²) >= 11 is 0. The van der Waals surface area contributed by atoms with Gasteiger partial charge in [-0.05, 0) is 61.2 Å². The van der Waals surface area contributed by atoms with E-state index in [0.29, 0.717) is 23.9 Å². The molecule has 0 aliphatic carbocycles. The summed E-state index contributed by atoms with van der Waals surface area (Å²) in [6.07, 6.45) is 14.0. The second-order valence-electron chi connectivity index (χ2n) is 8.69. The van der Waals surface area contributed by atoms with Crippen molar-refractivity contribution in [3.8, 4) is 22.9 Å². The van der Waals surface area contributed by atoms with E-state index in [4.69, 9.17) is 9.47 Å². The number of aromatic nitrogens is 2. The first-order valence-corrected chi connectivity index (χ1v) is 12.7. The van der Waals surface area contributed by atoms with E-state index in [1.54, 1.807) is 30.3 Å². The molecule has 3 rings (SSSR count). The van der Waals surface area contributed by atoms with E-state index in [1.807, 2.05) is 12.4 Å². The van der Waals surface area contributed by atoms with E-state index in [0.717, 1.165) is 43.2 Å². The highest BCUT2D eigenvalue weighted by atomic mass is 19.1. The molecule has 0 amide bonds. The Morgan fingerprint density at radius 1 is 0.829 bits per heavy atom. The molecule has 186 valence electrons. The van der Waals surface area contributed by atoms with E-state index in [-0.39, 0.29) is 5.56 Å². The fraction of sp³-hybridized carbons (Fsp3) is 0.414. The predicted molar refractivity (Wildman–Crippen MR) is 136 cm³/mol. The Hall–Kier alpha value is -3.28. The highest BCUT2D eigenvalue weighted by molar-refractivity contribution is 5.91. The minimum absolute atomic E-state index is 0.136. The third-order valence-electron chi connectivity index (χ3n) is 5.77. The van der Waals surface area contributed by atoms with Crippen molar-refractivity contribution in [3.05, 3.63) is 71.8 Å². The van der Waals surface area contributed by atoms with Crippen molar-refractivity contribution in [2.75, 3.05) is 6.61 Å². The number of esters is 1. The zero-order chi connectivity index (χ0) is 24.9. The molecule has 0 radical (unpaired) electrons. The predicted octanol–water partition coefficient (Wildman–Crippen LogP) is 7.58. The summed E-state index contributed by atoms with van der Waals surface area (Å²) < 4.78 is 25.3. The lowest BCUT2D eigenvalue weighted by Crippen LogP contribution is -2.11. The van der Waals surface area contributed by atoms with Crippen molar-refractivity contribution in [3.63, 3.8) is 0 Å². The summed E-state index contributed by atoms with van der Waals surface area (Å²) in [7, 11) is 0. The summed E-state index contributed by atoms with van der Waals surface area (Å²) in [6.45, 7) is 4.84. The zero-order valence-electron chi connectivity index (χ0n) is 20.8. The smallest absolute Gasteiger partial charge is 0.346 e. The van der Waals surface area contributed by atoms with Crippen LogP contribution in [-0.2, 0) is 6.42 Å². The van der Waals surface area contributed by atoms with Gasteiger partial charge in [0.15, 0.2) is 5.82 Å². The zero-order valence-corrected chi connectivity index (χ0v) is 20.8. The first kappa shape index (κ1) is 26.3. The fourth-order valence-corrected chi connectivity index (χ4v) is 3.69. The maximum Gasteiger partial charge on any atom is 0.346 e. The van der Waals surface area contributed by atoms with Gasteiger partial charge in [-0.15, -0.1) is 0 Å². The van der Waals surface area contributed by atoms with Crippen LogP contribution in [0, 0.1) is 5.82 Å². The molecule has 1 heterocycles. The summed E-state index contributed by atoms with van der Waals surface area (Å²) in [5.41, 5.74) is 1.81. The molecular formula is C29H35FN2O3. The minimum Gasteiger partial charge on any atom is -0.493 e. The quantitative estimate of drug-likeness (QED) is 0.136. The average Bonchev–Trinajstić information content (AvgIpc) is 2.87. The molecule has 0 unspecified atom stereocenters. The second kappa shape index (κ2) is 14.2. The molecule has 0 atom stereocenters. The maximum atomic E-state index is 14.4. The topological polar surface area (TPSA) is 61.3 Å². The van der Waals surface area contributed by atoms with Gasteiger partial charge in [0.05, 0.1) is 12.2 Å². The fourth-order valence-electron chi connectivity index (χ4n) is 3.69. The van der Waals surface area contributed by atoms with E-state index in [2.05, 4.69) is 23.8 Å². The van der Waals surface area contributed by atoms with E-state index >= 15 is 0 Å². The Balaban J connectivity index is 1.53. The van der Waals surface area contributed by atoms with Crippen LogP contribution in [0.15, 0.2) is 54.9 Å². The largest absolute Gasteiger partial charge is 0.493 e. The highest BCUT2D eigenvalue weighted by Gasteiger charge is 2.15. The number of carbonyl (C=O) groups is 1.